The summed E-state index contributed by atoms with van der Waals surface area (Å²) >= 11 is 0. The van der Waals surface area contributed by atoms with Crippen LogP contribution in [0.1, 0.15) is 11.4 Å². The van der Waals surface area contributed by atoms with Gasteiger partial charge in [0.05, 0.1) is 18.1 Å². The largest absolute Gasteiger partial charge is 0.463 e. The van der Waals surface area contributed by atoms with Crippen molar-refractivity contribution in [1.29, 1.82) is 0 Å². The summed E-state index contributed by atoms with van der Waals surface area (Å²) in [6, 6.07) is 9.53. The van der Waals surface area contributed by atoms with E-state index in [4.69, 9.17) is 9.15 Å². The fraction of sp³-hybridized carbons (Fsp3) is 0.167. The number of rotatable bonds is 5. The Morgan fingerprint density at radius 3 is 2.88 bits per heavy atom. The highest BCUT2D eigenvalue weighted by Crippen LogP contribution is 2.20. The molecule has 4 rings (SSSR count). The summed E-state index contributed by atoms with van der Waals surface area (Å²) in [6.07, 6.45) is 5.08. The Balaban J connectivity index is 1.43. The van der Waals surface area contributed by atoms with Gasteiger partial charge in [-0.15, -0.1) is 0 Å². The molecule has 0 unspecified atom stereocenters. The third kappa shape index (κ3) is 3.03. The van der Waals surface area contributed by atoms with Crippen LogP contribution in [0.5, 0.6) is 5.88 Å². The monoisotopic (exact) mass is 335 g/mol. The number of aryl methyl sites for hydroxylation is 2. The average molecular weight is 335 g/mol. The molecule has 0 spiro atoms. The van der Waals surface area contributed by atoms with Crippen LogP contribution in [0, 0.1) is 13.8 Å². The van der Waals surface area contributed by atoms with Gasteiger partial charge in [-0.1, -0.05) is 0 Å². The molecule has 0 aromatic carbocycles. The van der Waals surface area contributed by atoms with Gasteiger partial charge < -0.3 is 14.5 Å². The van der Waals surface area contributed by atoms with Gasteiger partial charge in [-0.3, -0.25) is 9.38 Å². The average Bonchev–Trinajstić information content (AvgIpc) is 3.26. The van der Waals surface area contributed by atoms with Crippen molar-refractivity contribution in [2.24, 2.45) is 0 Å². The van der Waals surface area contributed by atoms with Crippen LogP contribution in [0.15, 0.2) is 53.5 Å². The number of fused-ring (bicyclic) bond motifs is 1. The number of pyridine rings is 1. The van der Waals surface area contributed by atoms with Gasteiger partial charge in [0, 0.05) is 11.4 Å². The molecule has 0 fully saturated rings. The molecule has 7 nitrogen and oxygen atoms in total. The molecule has 0 saturated heterocycles. The molecule has 126 valence electrons. The van der Waals surface area contributed by atoms with Crippen LogP contribution >= 0.6 is 0 Å². The van der Waals surface area contributed by atoms with Gasteiger partial charge in [0.25, 0.3) is 5.88 Å². The molecule has 0 aliphatic carbocycles. The minimum atomic E-state index is 0.267. The molecule has 7 heteroatoms. The van der Waals surface area contributed by atoms with Crippen molar-refractivity contribution in [3.63, 3.8) is 0 Å². The number of aromatic nitrogens is 4. The number of furan rings is 1. The van der Waals surface area contributed by atoms with Crippen LogP contribution in [-0.4, -0.2) is 26.1 Å². The van der Waals surface area contributed by atoms with Gasteiger partial charge in [-0.05, 0) is 44.2 Å². The summed E-state index contributed by atoms with van der Waals surface area (Å²) in [5.41, 5.74) is 4.34. The number of anilines is 1. The van der Waals surface area contributed by atoms with Gasteiger partial charge in [0.1, 0.15) is 12.0 Å². The summed E-state index contributed by atoms with van der Waals surface area (Å²) in [5, 5.41) is 3.16. The molecule has 0 atom stereocenters. The SMILES string of the molecule is Cc1cc(C)n2cnc(OCNc3ccc(-c4ccco4)nc3)c2n1. The molecular formula is C18H17N5O2. The number of nitrogens with zero attached hydrogens (tertiary/aromatic N) is 4. The molecule has 4 heterocycles. The van der Waals surface area contributed by atoms with E-state index >= 15 is 0 Å². The summed E-state index contributed by atoms with van der Waals surface area (Å²) < 4.78 is 13.0. The Morgan fingerprint density at radius 2 is 2.12 bits per heavy atom. The third-order valence-corrected chi connectivity index (χ3v) is 3.81. The lowest BCUT2D eigenvalue weighted by Crippen LogP contribution is -2.09. The number of nitrogens with one attached hydrogen (secondary N) is 1. The van der Waals surface area contributed by atoms with E-state index in [1.165, 1.54) is 0 Å². The maximum atomic E-state index is 5.72. The van der Waals surface area contributed by atoms with E-state index in [1.807, 2.05) is 48.6 Å². The predicted octanol–water partition coefficient (Wildman–Crippen LogP) is 3.45. The normalized spacial score (nSPS) is 11.0. The molecule has 4 aromatic heterocycles. The van der Waals surface area contributed by atoms with Crippen molar-refractivity contribution in [1.82, 2.24) is 19.4 Å². The van der Waals surface area contributed by atoms with Gasteiger partial charge in [0.2, 0.25) is 5.65 Å². The first-order valence-electron chi connectivity index (χ1n) is 7.88. The minimum absolute atomic E-state index is 0.267. The molecule has 25 heavy (non-hydrogen) atoms. The lowest BCUT2D eigenvalue weighted by Gasteiger charge is -2.08. The Hall–Kier alpha value is -3.35. The zero-order valence-electron chi connectivity index (χ0n) is 13.9. The van der Waals surface area contributed by atoms with Crippen LogP contribution in [0.25, 0.3) is 17.1 Å². The van der Waals surface area contributed by atoms with Crippen LogP contribution in [0.4, 0.5) is 5.69 Å². The fourth-order valence-electron chi connectivity index (χ4n) is 2.61. The molecule has 0 radical (unpaired) electrons. The van der Waals surface area contributed by atoms with E-state index in [0.29, 0.717) is 11.5 Å². The van der Waals surface area contributed by atoms with E-state index in [2.05, 4.69) is 20.3 Å². The van der Waals surface area contributed by atoms with Crippen molar-refractivity contribution in [3.05, 3.63) is 60.5 Å². The first kappa shape index (κ1) is 15.2. The molecule has 0 amide bonds. The zero-order valence-corrected chi connectivity index (χ0v) is 13.9. The van der Waals surface area contributed by atoms with Gasteiger partial charge in [-0.25, -0.2) is 4.98 Å². The predicted molar refractivity (Wildman–Crippen MR) is 93.5 cm³/mol. The smallest absolute Gasteiger partial charge is 0.261 e. The maximum absolute atomic E-state index is 5.72. The first-order valence-corrected chi connectivity index (χ1v) is 7.88. The molecule has 0 aliphatic rings. The maximum Gasteiger partial charge on any atom is 0.261 e. The van der Waals surface area contributed by atoms with Crippen LogP contribution < -0.4 is 10.1 Å². The quantitative estimate of drug-likeness (QED) is 0.563. The highest BCUT2D eigenvalue weighted by atomic mass is 16.5. The van der Waals surface area contributed by atoms with Gasteiger partial charge in [-0.2, -0.15) is 4.98 Å². The Morgan fingerprint density at radius 1 is 1.20 bits per heavy atom. The van der Waals surface area contributed by atoms with E-state index < -0.39 is 0 Å². The molecule has 0 aliphatic heterocycles. The minimum Gasteiger partial charge on any atom is -0.463 e. The van der Waals surface area contributed by atoms with Crippen molar-refractivity contribution in [2.45, 2.75) is 13.8 Å². The number of hydrogen-bond acceptors (Lipinski definition) is 6. The Kier molecular flexibility index (Phi) is 3.81. The van der Waals surface area contributed by atoms with Crippen LogP contribution in [0.2, 0.25) is 0 Å². The fourth-order valence-corrected chi connectivity index (χ4v) is 2.61. The van der Waals surface area contributed by atoms with Gasteiger partial charge >= 0.3 is 0 Å². The van der Waals surface area contributed by atoms with Crippen molar-refractivity contribution >= 4 is 11.3 Å². The van der Waals surface area contributed by atoms with Crippen molar-refractivity contribution < 1.29 is 9.15 Å². The summed E-state index contributed by atoms with van der Waals surface area (Å²) in [4.78, 5) is 13.1. The van der Waals surface area contributed by atoms with E-state index in [0.717, 1.165) is 28.5 Å². The van der Waals surface area contributed by atoms with Crippen LogP contribution in [-0.2, 0) is 0 Å². The Bertz CT molecular complexity index is 990. The second-order valence-electron chi connectivity index (χ2n) is 5.66. The van der Waals surface area contributed by atoms with E-state index in [1.54, 1.807) is 18.8 Å². The third-order valence-electron chi connectivity index (χ3n) is 3.81. The number of hydrogen-bond donors (Lipinski definition) is 1. The van der Waals surface area contributed by atoms with Crippen molar-refractivity contribution in [2.75, 3.05) is 12.0 Å². The van der Waals surface area contributed by atoms with Crippen molar-refractivity contribution in [3.8, 4) is 17.3 Å². The topological polar surface area (TPSA) is 77.5 Å². The molecule has 0 saturated carbocycles. The molecule has 1 N–H and O–H groups in total. The lowest BCUT2D eigenvalue weighted by molar-refractivity contribution is 0.338. The number of ether oxygens (including phenoxy) is 1. The molecular weight excluding hydrogens is 318 g/mol. The second kappa shape index (κ2) is 6.27. The van der Waals surface area contributed by atoms with Crippen LogP contribution in [0.3, 0.4) is 0 Å². The highest BCUT2D eigenvalue weighted by Gasteiger charge is 2.09. The summed E-state index contributed by atoms with van der Waals surface area (Å²) in [6.45, 7) is 4.23. The Labute approximate surface area is 144 Å². The second-order valence-corrected chi connectivity index (χ2v) is 5.66. The number of imidazole rings is 1. The lowest BCUT2D eigenvalue weighted by atomic mass is 10.3. The summed E-state index contributed by atoms with van der Waals surface area (Å²) in [7, 11) is 0. The highest BCUT2D eigenvalue weighted by molar-refractivity contribution is 5.55. The molecule has 0 bridgehead atoms. The van der Waals surface area contributed by atoms with Gasteiger partial charge in [0.15, 0.2) is 12.5 Å². The van der Waals surface area contributed by atoms with E-state index in [9.17, 15) is 0 Å². The standard InChI is InChI=1S/C18H17N5O2/c1-12-8-13(2)23-10-20-18(17(23)22-12)25-11-21-14-5-6-15(19-9-14)16-4-3-7-24-16/h3-10,21H,11H2,1-2H3. The molecule has 4 aromatic rings. The van der Waals surface area contributed by atoms with E-state index in [-0.39, 0.29) is 6.73 Å². The summed E-state index contributed by atoms with van der Waals surface area (Å²) in [5.74, 6) is 1.24. The zero-order chi connectivity index (χ0) is 17.2. The first-order chi connectivity index (χ1) is 12.2.